The number of nitro groups is 1. The molecule has 0 saturated heterocycles. The number of anilines is 2. The maximum absolute atomic E-state index is 10.9. The Kier molecular flexibility index (Phi) is 4.03. The SMILES string of the molecule is CC(=O)Nc1ccc(Oc2cc([N+](=O)[O-])ccc2N)cc1. The number of rotatable bonds is 4. The van der Waals surface area contributed by atoms with Crippen LogP contribution in [0.15, 0.2) is 42.5 Å². The van der Waals surface area contributed by atoms with Crippen LogP contribution in [0.25, 0.3) is 0 Å². The Balaban J connectivity index is 2.19. The second-order valence-corrected chi connectivity index (χ2v) is 4.29. The van der Waals surface area contributed by atoms with Crippen LogP contribution in [0.5, 0.6) is 11.5 Å². The zero-order valence-electron chi connectivity index (χ0n) is 11.2. The lowest BCUT2D eigenvalue weighted by Crippen LogP contribution is -2.05. The van der Waals surface area contributed by atoms with Gasteiger partial charge in [0.25, 0.3) is 5.69 Å². The van der Waals surface area contributed by atoms with Crippen molar-refractivity contribution in [1.82, 2.24) is 0 Å². The molecule has 7 nitrogen and oxygen atoms in total. The summed E-state index contributed by atoms with van der Waals surface area (Å²) in [5.41, 5.74) is 6.55. The minimum absolute atomic E-state index is 0.103. The molecule has 7 heteroatoms. The second kappa shape index (κ2) is 5.91. The third-order valence-electron chi connectivity index (χ3n) is 2.61. The van der Waals surface area contributed by atoms with Gasteiger partial charge in [-0.2, -0.15) is 0 Å². The van der Waals surface area contributed by atoms with Gasteiger partial charge in [-0.15, -0.1) is 0 Å². The van der Waals surface area contributed by atoms with Crippen molar-refractivity contribution < 1.29 is 14.5 Å². The van der Waals surface area contributed by atoms with Gasteiger partial charge in [0.1, 0.15) is 5.75 Å². The van der Waals surface area contributed by atoms with Crippen molar-refractivity contribution in [2.75, 3.05) is 11.1 Å². The Labute approximate surface area is 120 Å². The van der Waals surface area contributed by atoms with Gasteiger partial charge in [-0.1, -0.05) is 0 Å². The molecule has 0 aromatic heterocycles. The molecular weight excluding hydrogens is 274 g/mol. The fourth-order valence-electron chi connectivity index (χ4n) is 1.66. The van der Waals surface area contributed by atoms with Gasteiger partial charge < -0.3 is 15.8 Å². The smallest absolute Gasteiger partial charge is 0.273 e. The van der Waals surface area contributed by atoms with E-state index in [0.29, 0.717) is 17.1 Å². The Morgan fingerprint density at radius 2 is 1.90 bits per heavy atom. The Hall–Kier alpha value is -3.09. The number of carbonyl (C=O) groups excluding carboxylic acids is 1. The summed E-state index contributed by atoms with van der Waals surface area (Å²) in [6, 6.07) is 10.6. The van der Waals surface area contributed by atoms with Gasteiger partial charge in [0.05, 0.1) is 16.7 Å². The topological polar surface area (TPSA) is 107 Å². The van der Waals surface area contributed by atoms with Crippen molar-refractivity contribution in [2.24, 2.45) is 0 Å². The van der Waals surface area contributed by atoms with Gasteiger partial charge in [0.2, 0.25) is 5.91 Å². The van der Waals surface area contributed by atoms with E-state index in [1.54, 1.807) is 24.3 Å². The molecule has 0 heterocycles. The number of amides is 1. The first-order chi connectivity index (χ1) is 9.95. The van der Waals surface area contributed by atoms with Crippen LogP contribution in [0.3, 0.4) is 0 Å². The predicted molar refractivity (Wildman–Crippen MR) is 78.3 cm³/mol. The third-order valence-corrected chi connectivity index (χ3v) is 2.61. The van der Waals surface area contributed by atoms with Gasteiger partial charge in [-0.3, -0.25) is 14.9 Å². The van der Waals surface area contributed by atoms with Crippen molar-refractivity contribution >= 4 is 23.0 Å². The van der Waals surface area contributed by atoms with Gasteiger partial charge in [-0.25, -0.2) is 0 Å². The van der Waals surface area contributed by atoms with Crippen LogP contribution < -0.4 is 15.8 Å². The number of hydrogen-bond acceptors (Lipinski definition) is 5. The summed E-state index contributed by atoms with van der Waals surface area (Å²) in [5, 5.41) is 13.4. The summed E-state index contributed by atoms with van der Waals surface area (Å²) in [6.07, 6.45) is 0. The highest BCUT2D eigenvalue weighted by molar-refractivity contribution is 5.88. The predicted octanol–water partition coefficient (Wildman–Crippen LogP) is 2.93. The molecule has 2 aromatic rings. The minimum Gasteiger partial charge on any atom is -0.455 e. The number of nitrogen functional groups attached to an aromatic ring is 1. The fourth-order valence-corrected chi connectivity index (χ4v) is 1.66. The molecule has 0 spiro atoms. The van der Waals surface area contributed by atoms with Crippen molar-refractivity contribution in [1.29, 1.82) is 0 Å². The maximum atomic E-state index is 10.9. The van der Waals surface area contributed by atoms with Crippen LogP contribution in [0, 0.1) is 10.1 Å². The molecule has 2 aromatic carbocycles. The zero-order chi connectivity index (χ0) is 15.4. The molecule has 0 bridgehead atoms. The monoisotopic (exact) mass is 287 g/mol. The van der Waals surface area contributed by atoms with E-state index >= 15 is 0 Å². The van der Waals surface area contributed by atoms with E-state index in [9.17, 15) is 14.9 Å². The summed E-state index contributed by atoms with van der Waals surface area (Å²) in [7, 11) is 0. The lowest BCUT2D eigenvalue weighted by molar-refractivity contribution is -0.384. The van der Waals surface area contributed by atoms with Crippen LogP contribution in [0.4, 0.5) is 17.1 Å². The molecule has 0 radical (unpaired) electrons. The molecule has 3 N–H and O–H groups in total. The summed E-state index contributed by atoms with van der Waals surface area (Å²) < 4.78 is 5.52. The summed E-state index contributed by atoms with van der Waals surface area (Å²) in [4.78, 5) is 21.1. The lowest BCUT2D eigenvalue weighted by Gasteiger charge is -2.09. The molecule has 0 fully saturated rings. The molecule has 108 valence electrons. The van der Waals surface area contributed by atoms with Crippen molar-refractivity contribution in [3.63, 3.8) is 0 Å². The quantitative estimate of drug-likeness (QED) is 0.510. The Morgan fingerprint density at radius 1 is 1.24 bits per heavy atom. The number of benzene rings is 2. The highest BCUT2D eigenvalue weighted by atomic mass is 16.6. The molecule has 0 aliphatic rings. The number of nitrogens with two attached hydrogens (primary N) is 1. The third kappa shape index (κ3) is 3.69. The number of ether oxygens (including phenoxy) is 1. The molecule has 2 rings (SSSR count). The Morgan fingerprint density at radius 3 is 2.48 bits per heavy atom. The largest absolute Gasteiger partial charge is 0.455 e. The average molecular weight is 287 g/mol. The summed E-state index contributed by atoms with van der Waals surface area (Å²) in [5.74, 6) is 0.486. The number of carbonyl (C=O) groups is 1. The van der Waals surface area contributed by atoms with E-state index < -0.39 is 4.92 Å². The first-order valence-corrected chi connectivity index (χ1v) is 6.05. The first kappa shape index (κ1) is 14.3. The number of nitro benzene ring substituents is 1. The van der Waals surface area contributed by atoms with E-state index in [-0.39, 0.29) is 17.3 Å². The number of hydrogen-bond donors (Lipinski definition) is 2. The lowest BCUT2D eigenvalue weighted by atomic mass is 10.2. The van der Waals surface area contributed by atoms with Crippen LogP contribution in [0.2, 0.25) is 0 Å². The van der Waals surface area contributed by atoms with E-state index in [0.717, 1.165) is 0 Å². The fraction of sp³-hybridized carbons (Fsp3) is 0.0714. The first-order valence-electron chi connectivity index (χ1n) is 6.05. The van der Waals surface area contributed by atoms with E-state index in [1.807, 2.05) is 0 Å². The van der Waals surface area contributed by atoms with Crippen LogP contribution >= 0.6 is 0 Å². The summed E-state index contributed by atoms with van der Waals surface area (Å²) in [6.45, 7) is 1.41. The molecule has 0 atom stereocenters. The van der Waals surface area contributed by atoms with Crippen LogP contribution in [0.1, 0.15) is 6.92 Å². The average Bonchev–Trinajstić information content (AvgIpc) is 2.42. The number of nitrogens with zero attached hydrogens (tertiary/aromatic N) is 1. The molecule has 0 saturated carbocycles. The number of nitrogens with one attached hydrogen (secondary N) is 1. The second-order valence-electron chi connectivity index (χ2n) is 4.29. The molecule has 1 amide bonds. The molecule has 0 aliphatic heterocycles. The zero-order valence-corrected chi connectivity index (χ0v) is 11.2. The normalized spacial score (nSPS) is 9.95. The minimum atomic E-state index is -0.522. The standard InChI is InChI=1S/C14H13N3O4/c1-9(18)16-10-2-5-12(6-3-10)21-14-8-11(17(19)20)4-7-13(14)15/h2-8H,15H2,1H3,(H,16,18). The van der Waals surface area contributed by atoms with E-state index in [1.165, 1.54) is 25.1 Å². The van der Waals surface area contributed by atoms with Gasteiger partial charge in [0.15, 0.2) is 5.75 Å². The van der Waals surface area contributed by atoms with Crippen molar-refractivity contribution in [2.45, 2.75) is 6.92 Å². The summed E-state index contributed by atoms with van der Waals surface area (Å²) >= 11 is 0. The molecule has 0 aliphatic carbocycles. The molecular formula is C14H13N3O4. The highest BCUT2D eigenvalue weighted by Gasteiger charge is 2.11. The molecule has 21 heavy (non-hydrogen) atoms. The Bertz CT molecular complexity index is 683. The molecule has 0 unspecified atom stereocenters. The van der Waals surface area contributed by atoms with Gasteiger partial charge in [0, 0.05) is 18.7 Å². The van der Waals surface area contributed by atoms with Crippen LogP contribution in [-0.2, 0) is 4.79 Å². The van der Waals surface area contributed by atoms with E-state index in [4.69, 9.17) is 10.5 Å². The van der Waals surface area contributed by atoms with Gasteiger partial charge >= 0.3 is 0 Å². The van der Waals surface area contributed by atoms with E-state index in [2.05, 4.69) is 5.32 Å². The highest BCUT2D eigenvalue weighted by Crippen LogP contribution is 2.31. The van der Waals surface area contributed by atoms with Crippen molar-refractivity contribution in [3.05, 3.63) is 52.6 Å². The van der Waals surface area contributed by atoms with Gasteiger partial charge in [-0.05, 0) is 30.3 Å². The van der Waals surface area contributed by atoms with Crippen molar-refractivity contribution in [3.8, 4) is 11.5 Å². The van der Waals surface area contributed by atoms with Crippen LogP contribution in [-0.4, -0.2) is 10.8 Å². The maximum Gasteiger partial charge on any atom is 0.273 e. The number of non-ortho nitro benzene ring substituents is 1.